The first-order valence-electron chi connectivity index (χ1n) is 11.5. The fourth-order valence-electron chi connectivity index (χ4n) is 4.88. The smallest absolute Gasteiger partial charge is 0.416 e. The molecule has 34 heavy (non-hydrogen) atoms. The lowest BCUT2D eigenvalue weighted by Gasteiger charge is -2.33. The summed E-state index contributed by atoms with van der Waals surface area (Å²) in [6.45, 7) is 1.34. The summed E-state index contributed by atoms with van der Waals surface area (Å²) in [6.07, 6.45) is -0.994. The van der Waals surface area contributed by atoms with E-state index in [4.69, 9.17) is 4.74 Å². The first-order chi connectivity index (χ1) is 16.2. The molecule has 1 aliphatic carbocycles. The van der Waals surface area contributed by atoms with Crippen LogP contribution in [0.15, 0.2) is 48.5 Å². The Morgan fingerprint density at radius 3 is 2.50 bits per heavy atom. The van der Waals surface area contributed by atoms with Gasteiger partial charge >= 0.3 is 6.18 Å². The number of hydrogen-bond donors (Lipinski definition) is 1. The number of nitrogens with one attached hydrogen (secondary N) is 1. The zero-order valence-corrected chi connectivity index (χ0v) is 19.2. The number of benzene rings is 2. The maximum Gasteiger partial charge on any atom is 0.416 e. The lowest BCUT2D eigenvalue weighted by molar-refractivity contribution is -0.137. The first-order valence-corrected chi connectivity index (χ1v) is 11.5. The van der Waals surface area contributed by atoms with Crippen molar-refractivity contribution in [2.75, 3.05) is 20.2 Å². The third kappa shape index (κ3) is 5.54. The van der Waals surface area contributed by atoms with Crippen LogP contribution in [-0.4, -0.2) is 36.9 Å². The monoisotopic (exact) mass is 474 g/mol. The molecule has 0 bridgehead atoms. The summed E-state index contributed by atoms with van der Waals surface area (Å²) in [4.78, 5) is 27.2. The molecular formula is C26H29F3N2O3. The molecule has 0 aromatic heterocycles. The Bertz CT molecular complexity index is 1050. The largest absolute Gasteiger partial charge is 0.497 e. The maximum atomic E-state index is 12.9. The lowest BCUT2D eigenvalue weighted by atomic mass is 9.90. The van der Waals surface area contributed by atoms with E-state index in [9.17, 15) is 22.8 Å². The maximum absolute atomic E-state index is 12.9. The normalized spacial score (nSPS) is 19.1. The zero-order chi connectivity index (χ0) is 24.3. The lowest BCUT2D eigenvalue weighted by Crippen LogP contribution is -2.40. The van der Waals surface area contributed by atoms with Crippen LogP contribution in [0.5, 0.6) is 5.75 Å². The molecule has 2 aromatic carbocycles. The Labute approximate surface area is 197 Å². The summed E-state index contributed by atoms with van der Waals surface area (Å²) in [7, 11) is 1.62. The summed E-state index contributed by atoms with van der Waals surface area (Å²) in [5, 5.41) is 2.80. The number of methoxy groups -OCH3 is 1. The molecule has 1 saturated carbocycles. The third-order valence-corrected chi connectivity index (χ3v) is 7.10. The Morgan fingerprint density at radius 2 is 1.79 bits per heavy atom. The van der Waals surface area contributed by atoms with Crippen LogP contribution in [0.4, 0.5) is 13.2 Å². The van der Waals surface area contributed by atoms with Crippen molar-refractivity contribution in [3.63, 3.8) is 0 Å². The van der Waals surface area contributed by atoms with E-state index in [-0.39, 0.29) is 29.7 Å². The topological polar surface area (TPSA) is 58.6 Å². The predicted octanol–water partition coefficient (Wildman–Crippen LogP) is 4.59. The fourth-order valence-corrected chi connectivity index (χ4v) is 4.88. The molecule has 2 fully saturated rings. The molecule has 5 nitrogen and oxygen atoms in total. The molecule has 1 aliphatic heterocycles. The van der Waals surface area contributed by atoms with Gasteiger partial charge in [0.15, 0.2) is 0 Å². The van der Waals surface area contributed by atoms with Crippen LogP contribution in [0.1, 0.15) is 42.4 Å². The van der Waals surface area contributed by atoms with Gasteiger partial charge in [0.1, 0.15) is 5.75 Å². The number of halogens is 3. The minimum Gasteiger partial charge on any atom is -0.497 e. The summed E-state index contributed by atoms with van der Waals surface area (Å²) >= 11 is 0. The van der Waals surface area contributed by atoms with Gasteiger partial charge in [0.05, 0.1) is 12.7 Å². The van der Waals surface area contributed by atoms with Gasteiger partial charge in [-0.05, 0) is 66.5 Å². The van der Waals surface area contributed by atoms with Gasteiger partial charge in [-0.25, -0.2) is 0 Å². The van der Waals surface area contributed by atoms with E-state index >= 15 is 0 Å². The highest BCUT2D eigenvalue weighted by Crippen LogP contribution is 2.59. The van der Waals surface area contributed by atoms with Crippen molar-refractivity contribution in [1.82, 2.24) is 10.2 Å². The summed E-state index contributed by atoms with van der Waals surface area (Å²) in [5.41, 5.74) is 0.683. The number of ether oxygens (including phenoxy) is 1. The highest BCUT2D eigenvalue weighted by molar-refractivity contribution is 5.83. The fraction of sp³-hybridized carbons (Fsp3) is 0.462. The molecule has 8 heteroatoms. The van der Waals surface area contributed by atoms with Crippen LogP contribution in [0.25, 0.3) is 0 Å². The minimum atomic E-state index is -4.40. The number of piperidine rings is 1. The molecule has 1 saturated heterocycles. The molecule has 182 valence electrons. The Hall–Kier alpha value is -3.03. The van der Waals surface area contributed by atoms with Crippen LogP contribution in [0.3, 0.4) is 0 Å². The third-order valence-electron chi connectivity index (χ3n) is 7.10. The molecule has 2 amide bonds. The SMILES string of the molecule is COc1cccc(CCC(=O)N2CCC3(CC2)CC3C(=O)NCc2cccc(C(F)(F)F)c2)c1. The van der Waals surface area contributed by atoms with Gasteiger partial charge in [-0.15, -0.1) is 0 Å². The van der Waals surface area contributed by atoms with E-state index in [2.05, 4.69) is 5.32 Å². The predicted molar refractivity (Wildman–Crippen MR) is 121 cm³/mol. The Balaban J connectivity index is 1.22. The summed E-state index contributed by atoms with van der Waals surface area (Å²) < 4.78 is 43.9. The van der Waals surface area contributed by atoms with E-state index in [1.807, 2.05) is 29.2 Å². The second-order valence-electron chi connectivity index (χ2n) is 9.27. The Morgan fingerprint density at radius 1 is 1.09 bits per heavy atom. The number of likely N-dealkylation sites (tertiary alicyclic amines) is 1. The van der Waals surface area contributed by atoms with Gasteiger partial charge in [-0.1, -0.05) is 24.3 Å². The van der Waals surface area contributed by atoms with Crippen molar-refractivity contribution < 1.29 is 27.5 Å². The average Bonchev–Trinajstić information content (AvgIpc) is 3.54. The zero-order valence-electron chi connectivity index (χ0n) is 19.2. The van der Waals surface area contributed by atoms with Crippen LogP contribution in [-0.2, 0) is 28.7 Å². The van der Waals surface area contributed by atoms with Gasteiger partial charge in [-0.2, -0.15) is 13.2 Å². The number of hydrogen-bond acceptors (Lipinski definition) is 3. The van der Waals surface area contributed by atoms with Gasteiger partial charge in [-0.3, -0.25) is 9.59 Å². The van der Waals surface area contributed by atoms with E-state index in [1.54, 1.807) is 13.2 Å². The van der Waals surface area contributed by atoms with Crippen molar-refractivity contribution in [2.45, 2.75) is 44.8 Å². The molecule has 0 radical (unpaired) electrons. The van der Waals surface area contributed by atoms with Gasteiger partial charge in [0.25, 0.3) is 0 Å². The van der Waals surface area contributed by atoms with Crippen LogP contribution < -0.4 is 10.1 Å². The van der Waals surface area contributed by atoms with Gasteiger partial charge in [0.2, 0.25) is 11.8 Å². The minimum absolute atomic E-state index is 0.0736. The number of rotatable bonds is 7. The number of alkyl halides is 3. The number of carbonyl (C=O) groups is 2. The van der Waals surface area contributed by atoms with Crippen molar-refractivity contribution in [3.05, 3.63) is 65.2 Å². The van der Waals surface area contributed by atoms with Gasteiger partial charge in [0, 0.05) is 32.0 Å². The number of carbonyl (C=O) groups excluding carboxylic acids is 2. The number of amides is 2. The molecule has 2 aromatic rings. The van der Waals surface area contributed by atoms with Gasteiger partial charge < -0.3 is 15.0 Å². The first kappa shape index (κ1) is 24.1. The standard InChI is InChI=1S/C26H29F3N2O3/c1-34-21-7-3-4-18(15-21)8-9-23(32)31-12-10-25(11-13-31)16-22(25)24(33)30-17-19-5-2-6-20(14-19)26(27,28)29/h2-7,14-15,22H,8-13,16-17H2,1H3,(H,30,33). The second kappa shape index (κ2) is 9.68. The molecule has 2 aliphatic rings. The molecular weight excluding hydrogens is 445 g/mol. The molecule has 4 rings (SSSR count). The van der Waals surface area contributed by atoms with Crippen molar-refractivity contribution in [1.29, 1.82) is 0 Å². The van der Waals surface area contributed by atoms with E-state index < -0.39 is 11.7 Å². The van der Waals surface area contributed by atoms with E-state index in [1.165, 1.54) is 6.07 Å². The highest BCUT2D eigenvalue weighted by Gasteiger charge is 2.58. The molecule has 1 heterocycles. The van der Waals surface area contributed by atoms with Crippen LogP contribution in [0.2, 0.25) is 0 Å². The number of nitrogens with zero attached hydrogens (tertiary/aromatic N) is 1. The van der Waals surface area contributed by atoms with E-state index in [0.717, 1.165) is 42.7 Å². The molecule has 1 N–H and O–H groups in total. The summed E-state index contributed by atoms with van der Waals surface area (Å²) in [5.74, 6) is 0.641. The van der Waals surface area contributed by atoms with Crippen LogP contribution in [0, 0.1) is 11.3 Å². The highest BCUT2D eigenvalue weighted by atomic mass is 19.4. The molecule has 1 spiro atoms. The molecule has 1 atom stereocenters. The quantitative estimate of drug-likeness (QED) is 0.639. The van der Waals surface area contributed by atoms with E-state index in [0.29, 0.717) is 31.5 Å². The summed E-state index contributed by atoms with van der Waals surface area (Å²) in [6, 6.07) is 12.7. The second-order valence-corrected chi connectivity index (χ2v) is 9.27. The Kier molecular flexibility index (Phi) is 6.86. The number of aryl methyl sites for hydroxylation is 1. The van der Waals surface area contributed by atoms with Crippen molar-refractivity contribution in [2.24, 2.45) is 11.3 Å². The van der Waals surface area contributed by atoms with Crippen molar-refractivity contribution in [3.8, 4) is 5.75 Å². The van der Waals surface area contributed by atoms with Crippen LogP contribution >= 0.6 is 0 Å². The molecule has 1 unspecified atom stereocenters. The van der Waals surface area contributed by atoms with Crippen molar-refractivity contribution >= 4 is 11.8 Å². The average molecular weight is 475 g/mol.